The largest absolute Gasteiger partial charge is 0.481 e. The molecule has 1 heterocycles. The quantitative estimate of drug-likeness (QED) is 0.768. The number of methoxy groups -OCH3 is 1. The summed E-state index contributed by atoms with van der Waals surface area (Å²) >= 11 is 0. The predicted octanol–water partition coefficient (Wildman–Crippen LogP) is 1.66. The van der Waals surface area contributed by atoms with Gasteiger partial charge in [0.1, 0.15) is 0 Å². The van der Waals surface area contributed by atoms with E-state index in [0.29, 0.717) is 11.3 Å². The van der Waals surface area contributed by atoms with Crippen LogP contribution in [0.2, 0.25) is 0 Å². The first-order valence-electron chi connectivity index (χ1n) is 5.63. The van der Waals surface area contributed by atoms with Gasteiger partial charge in [-0.1, -0.05) is 0 Å². The molecular weight excluding hydrogens is 204 g/mol. The Bertz CT molecular complexity index is 351. The Morgan fingerprint density at radius 2 is 2.38 bits per heavy atom. The zero-order valence-electron chi connectivity index (χ0n) is 9.57. The third-order valence-electron chi connectivity index (χ3n) is 3.21. The monoisotopic (exact) mass is 222 g/mol. The number of nitrogens with zero attached hydrogens (tertiary/aromatic N) is 1. The van der Waals surface area contributed by atoms with Crippen molar-refractivity contribution in [1.82, 2.24) is 4.98 Å². The van der Waals surface area contributed by atoms with Crippen LogP contribution in [0.1, 0.15) is 19.3 Å². The maximum Gasteiger partial charge on any atom is 0.214 e. The Balaban J connectivity index is 1.89. The molecule has 0 amide bonds. The summed E-state index contributed by atoms with van der Waals surface area (Å²) in [4.78, 5) is 4.05. The van der Waals surface area contributed by atoms with Gasteiger partial charge < -0.3 is 15.2 Å². The lowest BCUT2D eigenvalue weighted by Crippen LogP contribution is -2.16. The van der Waals surface area contributed by atoms with Crippen LogP contribution >= 0.6 is 0 Å². The van der Waals surface area contributed by atoms with E-state index in [1.54, 1.807) is 13.3 Å². The highest BCUT2D eigenvalue weighted by Gasteiger charge is 2.41. The summed E-state index contributed by atoms with van der Waals surface area (Å²) in [6, 6.07) is 3.81. The first-order valence-corrected chi connectivity index (χ1v) is 5.63. The molecule has 0 radical (unpaired) electrons. The number of hydrogen-bond donors (Lipinski definition) is 2. The topological polar surface area (TPSA) is 54.4 Å². The van der Waals surface area contributed by atoms with Crippen molar-refractivity contribution in [1.29, 1.82) is 0 Å². The number of ether oxygens (including phenoxy) is 1. The summed E-state index contributed by atoms with van der Waals surface area (Å²) in [7, 11) is 1.61. The molecule has 88 valence electrons. The van der Waals surface area contributed by atoms with Crippen molar-refractivity contribution in [2.75, 3.05) is 25.6 Å². The Hall–Kier alpha value is -1.29. The zero-order valence-corrected chi connectivity index (χ0v) is 9.57. The summed E-state index contributed by atoms with van der Waals surface area (Å²) < 4.78 is 5.06. The standard InChI is InChI=1S/C12H18N2O2/c1-16-11-8-10(2-6-13-11)14-9-12(3-4-12)5-7-15/h2,6,8,15H,3-5,7,9H2,1H3,(H,13,14). The van der Waals surface area contributed by atoms with Gasteiger partial charge >= 0.3 is 0 Å². The highest BCUT2D eigenvalue weighted by atomic mass is 16.5. The molecule has 0 aromatic carbocycles. The number of anilines is 1. The van der Waals surface area contributed by atoms with E-state index in [1.165, 1.54) is 12.8 Å². The van der Waals surface area contributed by atoms with Gasteiger partial charge in [0.05, 0.1) is 7.11 Å². The molecular formula is C12H18N2O2. The third-order valence-corrected chi connectivity index (χ3v) is 3.21. The van der Waals surface area contributed by atoms with Crippen LogP contribution in [0.5, 0.6) is 5.88 Å². The van der Waals surface area contributed by atoms with Gasteiger partial charge in [-0.2, -0.15) is 0 Å². The van der Waals surface area contributed by atoms with Crippen molar-refractivity contribution in [3.63, 3.8) is 0 Å². The SMILES string of the molecule is COc1cc(NCC2(CCO)CC2)ccn1. The van der Waals surface area contributed by atoms with Crippen LogP contribution in [0.4, 0.5) is 5.69 Å². The number of aliphatic hydroxyl groups is 1. The normalized spacial score (nSPS) is 16.9. The van der Waals surface area contributed by atoms with Crippen LogP contribution in [0, 0.1) is 5.41 Å². The first kappa shape index (κ1) is 11.2. The van der Waals surface area contributed by atoms with Crippen LogP contribution in [0.25, 0.3) is 0 Å². The van der Waals surface area contributed by atoms with Crippen molar-refractivity contribution >= 4 is 5.69 Å². The van der Waals surface area contributed by atoms with Crippen LogP contribution < -0.4 is 10.1 Å². The second kappa shape index (κ2) is 4.70. The number of aromatic nitrogens is 1. The fraction of sp³-hybridized carbons (Fsp3) is 0.583. The van der Waals surface area contributed by atoms with Crippen molar-refractivity contribution in [3.05, 3.63) is 18.3 Å². The highest BCUT2D eigenvalue weighted by molar-refractivity contribution is 5.45. The molecule has 16 heavy (non-hydrogen) atoms. The molecule has 1 aliphatic carbocycles. The maximum absolute atomic E-state index is 8.96. The van der Waals surface area contributed by atoms with Crippen molar-refractivity contribution in [3.8, 4) is 5.88 Å². The Labute approximate surface area is 95.7 Å². The molecule has 1 aliphatic rings. The number of hydrogen-bond acceptors (Lipinski definition) is 4. The molecule has 0 bridgehead atoms. The summed E-state index contributed by atoms with van der Waals surface area (Å²) in [6.07, 6.45) is 5.04. The van der Waals surface area contributed by atoms with Crippen LogP contribution in [0.3, 0.4) is 0 Å². The van der Waals surface area contributed by atoms with Crippen LogP contribution in [-0.2, 0) is 0 Å². The van der Waals surface area contributed by atoms with E-state index in [1.807, 2.05) is 12.1 Å². The maximum atomic E-state index is 8.96. The Morgan fingerprint density at radius 3 is 3.00 bits per heavy atom. The highest BCUT2D eigenvalue weighted by Crippen LogP contribution is 2.48. The van der Waals surface area contributed by atoms with Crippen LogP contribution in [-0.4, -0.2) is 30.4 Å². The van der Waals surface area contributed by atoms with E-state index >= 15 is 0 Å². The first-order chi connectivity index (χ1) is 7.78. The van der Waals surface area contributed by atoms with Crippen LogP contribution in [0.15, 0.2) is 18.3 Å². The Morgan fingerprint density at radius 1 is 1.56 bits per heavy atom. The second-order valence-corrected chi connectivity index (χ2v) is 4.41. The van der Waals surface area contributed by atoms with E-state index in [4.69, 9.17) is 9.84 Å². The molecule has 0 spiro atoms. The van der Waals surface area contributed by atoms with E-state index < -0.39 is 0 Å². The van der Waals surface area contributed by atoms with Gasteiger partial charge in [0.15, 0.2) is 0 Å². The lowest BCUT2D eigenvalue weighted by atomic mass is 10.0. The smallest absolute Gasteiger partial charge is 0.214 e. The number of aliphatic hydroxyl groups excluding tert-OH is 1. The molecule has 0 aliphatic heterocycles. The van der Waals surface area contributed by atoms with E-state index in [2.05, 4.69) is 10.3 Å². The molecule has 2 N–H and O–H groups in total. The summed E-state index contributed by atoms with van der Waals surface area (Å²) in [5, 5.41) is 12.3. The number of nitrogens with one attached hydrogen (secondary N) is 1. The lowest BCUT2D eigenvalue weighted by molar-refractivity contribution is 0.253. The fourth-order valence-electron chi connectivity index (χ4n) is 1.85. The minimum atomic E-state index is 0.279. The molecule has 1 saturated carbocycles. The molecule has 2 rings (SSSR count). The molecule has 1 aromatic rings. The number of pyridine rings is 1. The average Bonchev–Trinajstić information content (AvgIpc) is 3.08. The molecule has 4 nitrogen and oxygen atoms in total. The Kier molecular flexibility index (Phi) is 3.29. The van der Waals surface area contributed by atoms with Gasteiger partial charge in [-0.25, -0.2) is 4.98 Å². The molecule has 0 saturated heterocycles. The van der Waals surface area contributed by atoms with Crippen molar-refractivity contribution in [2.24, 2.45) is 5.41 Å². The van der Waals surface area contributed by atoms with Crippen molar-refractivity contribution < 1.29 is 9.84 Å². The molecule has 0 unspecified atom stereocenters. The third kappa shape index (κ3) is 2.64. The molecule has 0 atom stereocenters. The van der Waals surface area contributed by atoms with Crippen molar-refractivity contribution in [2.45, 2.75) is 19.3 Å². The van der Waals surface area contributed by atoms with Gasteiger partial charge in [-0.05, 0) is 30.7 Å². The molecule has 1 aromatic heterocycles. The van der Waals surface area contributed by atoms with Gasteiger partial charge in [-0.3, -0.25) is 0 Å². The average molecular weight is 222 g/mol. The lowest BCUT2D eigenvalue weighted by Gasteiger charge is -2.15. The van der Waals surface area contributed by atoms with E-state index in [9.17, 15) is 0 Å². The minimum absolute atomic E-state index is 0.279. The van der Waals surface area contributed by atoms with Gasteiger partial charge in [0, 0.05) is 31.1 Å². The second-order valence-electron chi connectivity index (χ2n) is 4.41. The van der Waals surface area contributed by atoms with E-state index in [0.717, 1.165) is 18.7 Å². The minimum Gasteiger partial charge on any atom is -0.481 e. The van der Waals surface area contributed by atoms with Gasteiger partial charge in [0.25, 0.3) is 0 Å². The summed E-state index contributed by atoms with van der Waals surface area (Å²) in [6.45, 7) is 1.20. The predicted molar refractivity (Wildman–Crippen MR) is 62.6 cm³/mol. The zero-order chi connectivity index (χ0) is 11.4. The molecule has 4 heteroatoms. The summed E-state index contributed by atoms with van der Waals surface area (Å²) in [5.74, 6) is 0.622. The van der Waals surface area contributed by atoms with Gasteiger partial charge in [-0.15, -0.1) is 0 Å². The van der Waals surface area contributed by atoms with E-state index in [-0.39, 0.29) is 6.61 Å². The number of rotatable bonds is 6. The summed E-state index contributed by atoms with van der Waals surface area (Å²) in [5.41, 5.74) is 1.35. The van der Waals surface area contributed by atoms with Gasteiger partial charge in [0.2, 0.25) is 5.88 Å². The molecule has 1 fully saturated rings. The fourth-order valence-corrected chi connectivity index (χ4v) is 1.85.